The zero-order chi connectivity index (χ0) is 15.5. The van der Waals surface area contributed by atoms with Crippen molar-refractivity contribution < 1.29 is 0 Å². The fourth-order valence-corrected chi connectivity index (χ4v) is 2.99. The topological polar surface area (TPSA) is 29.9 Å². The average Bonchev–Trinajstić information content (AvgIpc) is 2.80. The second kappa shape index (κ2) is 6.61. The Labute approximate surface area is 128 Å². The predicted molar refractivity (Wildman–Crippen MR) is 90.6 cm³/mol. The van der Waals surface area contributed by atoms with Gasteiger partial charge in [-0.15, -0.1) is 0 Å². The first kappa shape index (κ1) is 16.0. The highest BCUT2D eigenvalue weighted by atomic mass is 15.3. The summed E-state index contributed by atoms with van der Waals surface area (Å²) in [5.74, 6) is 0. The minimum Gasteiger partial charge on any atom is -0.314 e. The summed E-state index contributed by atoms with van der Waals surface area (Å²) in [6.45, 7) is 13.2. The number of hydrogen-bond donors (Lipinski definition) is 1. The summed E-state index contributed by atoms with van der Waals surface area (Å²) >= 11 is 0. The van der Waals surface area contributed by atoms with Gasteiger partial charge in [0, 0.05) is 18.0 Å². The van der Waals surface area contributed by atoms with E-state index in [4.69, 9.17) is 5.10 Å². The second-order valence-electron chi connectivity index (χ2n) is 6.79. The number of fused-ring (bicyclic) bond motifs is 1. The molecule has 0 aliphatic heterocycles. The van der Waals surface area contributed by atoms with Gasteiger partial charge in [0.1, 0.15) is 0 Å². The van der Waals surface area contributed by atoms with E-state index in [2.05, 4.69) is 68.9 Å². The quantitative estimate of drug-likeness (QED) is 0.870. The molecule has 1 unspecified atom stereocenters. The summed E-state index contributed by atoms with van der Waals surface area (Å²) in [6.07, 6.45) is 2.16. The Balaban J connectivity index is 2.20. The summed E-state index contributed by atoms with van der Waals surface area (Å²) in [5.41, 5.74) is 2.77. The number of benzene rings is 1. The maximum absolute atomic E-state index is 4.81. The number of aryl methyl sites for hydroxylation is 2. The van der Waals surface area contributed by atoms with Gasteiger partial charge in [-0.2, -0.15) is 5.10 Å². The van der Waals surface area contributed by atoms with Crippen LogP contribution >= 0.6 is 0 Å². The van der Waals surface area contributed by atoms with Gasteiger partial charge >= 0.3 is 0 Å². The molecular weight excluding hydrogens is 258 g/mol. The standard InChI is InChI=1S/C18H29N3/c1-6-19-17(18(3,4)5)13-12-15-14-10-8-9-11-16(14)21(7-2)20-15/h8-11,17,19H,6-7,12-13H2,1-5H3. The molecule has 0 aliphatic carbocycles. The lowest BCUT2D eigenvalue weighted by Crippen LogP contribution is -2.40. The van der Waals surface area contributed by atoms with Crippen LogP contribution < -0.4 is 5.32 Å². The molecular formula is C18H29N3. The van der Waals surface area contributed by atoms with Crippen LogP contribution in [0, 0.1) is 5.41 Å². The molecule has 1 N–H and O–H groups in total. The Morgan fingerprint density at radius 3 is 2.52 bits per heavy atom. The minimum atomic E-state index is 0.277. The monoisotopic (exact) mass is 287 g/mol. The van der Waals surface area contributed by atoms with Gasteiger partial charge in [-0.3, -0.25) is 4.68 Å². The molecule has 1 aromatic carbocycles. The van der Waals surface area contributed by atoms with Crippen LogP contribution in [-0.4, -0.2) is 22.4 Å². The molecule has 0 fully saturated rings. The number of rotatable bonds is 6. The zero-order valence-corrected chi connectivity index (χ0v) is 14.1. The molecule has 3 heteroatoms. The van der Waals surface area contributed by atoms with Gasteiger partial charge in [-0.05, 0) is 37.8 Å². The molecule has 1 heterocycles. The Morgan fingerprint density at radius 2 is 1.90 bits per heavy atom. The summed E-state index contributed by atoms with van der Waals surface area (Å²) in [7, 11) is 0. The molecule has 2 aromatic rings. The Kier molecular flexibility index (Phi) is 5.04. The maximum Gasteiger partial charge on any atom is 0.0703 e. The summed E-state index contributed by atoms with van der Waals surface area (Å²) in [5, 5.41) is 9.75. The molecule has 0 saturated heterocycles. The van der Waals surface area contributed by atoms with Crippen molar-refractivity contribution in [3.05, 3.63) is 30.0 Å². The molecule has 0 aliphatic rings. The maximum atomic E-state index is 4.81. The minimum absolute atomic E-state index is 0.277. The van der Waals surface area contributed by atoms with Crippen LogP contribution in [0.4, 0.5) is 0 Å². The van der Waals surface area contributed by atoms with Crippen molar-refractivity contribution in [2.24, 2.45) is 5.41 Å². The number of para-hydroxylation sites is 1. The third-order valence-corrected chi connectivity index (χ3v) is 4.20. The van der Waals surface area contributed by atoms with Crippen LogP contribution in [0.5, 0.6) is 0 Å². The fourth-order valence-electron chi connectivity index (χ4n) is 2.99. The lowest BCUT2D eigenvalue weighted by Gasteiger charge is -2.31. The van der Waals surface area contributed by atoms with Gasteiger partial charge in [0.15, 0.2) is 0 Å². The first-order chi connectivity index (χ1) is 9.97. The molecule has 0 bridgehead atoms. The average molecular weight is 287 g/mol. The van der Waals surface area contributed by atoms with Gasteiger partial charge in [-0.25, -0.2) is 0 Å². The SMILES string of the molecule is CCNC(CCc1nn(CC)c2ccccc12)C(C)(C)C. The highest BCUT2D eigenvalue weighted by Gasteiger charge is 2.24. The second-order valence-corrected chi connectivity index (χ2v) is 6.79. The molecule has 0 amide bonds. The lowest BCUT2D eigenvalue weighted by molar-refractivity contribution is 0.258. The van der Waals surface area contributed by atoms with Gasteiger partial charge in [0.25, 0.3) is 0 Å². The highest BCUT2D eigenvalue weighted by molar-refractivity contribution is 5.81. The molecule has 1 aromatic heterocycles. The Bertz CT molecular complexity index is 578. The van der Waals surface area contributed by atoms with Gasteiger partial charge in [0.2, 0.25) is 0 Å². The lowest BCUT2D eigenvalue weighted by atomic mass is 9.83. The van der Waals surface area contributed by atoms with Crippen LogP contribution in [-0.2, 0) is 13.0 Å². The van der Waals surface area contributed by atoms with Crippen molar-refractivity contribution in [2.45, 2.75) is 60.0 Å². The van der Waals surface area contributed by atoms with E-state index in [9.17, 15) is 0 Å². The summed E-state index contributed by atoms with van der Waals surface area (Å²) in [4.78, 5) is 0. The van der Waals surface area contributed by atoms with E-state index in [1.54, 1.807) is 0 Å². The Hall–Kier alpha value is -1.35. The van der Waals surface area contributed by atoms with E-state index in [1.807, 2.05) is 0 Å². The molecule has 0 spiro atoms. The first-order valence-electron chi connectivity index (χ1n) is 8.15. The molecule has 116 valence electrons. The summed E-state index contributed by atoms with van der Waals surface area (Å²) in [6, 6.07) is 9.09. The fraction of sp³-hybridized carbons (Fsp3) is 0.611. The Morgan fingerprint density at radius 1 is 1.19 bits per heavy atom. The number of nitrogens with zero attached hydrogens (tertiary/aromatic N) is 2. The molecule has 21 heavy (non-hydrogen) atoms. The van der Waals surface area contributed by atoms with Crippen molar-refractivity contribution in [1.82, 2.24) is 15.1 Å². The van der Waals surface area contributed by atoms with Crippen LogP contribution in [0.2, 0.25) is 0 Å². The van der Waals surface area contributed by atoms with Crippen molar-refractivity contribution in [3.8, 4) is 0 Å². The van der Waals surface area contributed by atoms with Gasteiger partial charge in [0.05, 0.1) is 11.2 Å². The van der Waals surface area contributed by atoms with Gasteiger partial charge in [-0.1, -0.05) is 45.9 Å². The van der Waals surface area contributed by atoms with Crippen LogP contribution in [0.3, 0.4) is 0 Å². The van der Waals surface area contributed by atoms with Crippen molar-refractivity contribution >= 4 is 10.9 Å². The van der Waals surface area contributed by atoms with Crippen LogP contribution in [0.25, 0.3) is 10.9 Å². The summed E-state index contributed by atoms with van der Waals surface area (Å²) < 4.78 is 2.12. The molecule has 1 atom stereocenters. The predicted octanol–water partition coefficient (Wildman–Crippen LogP) is 4.01. The smallest absolute Gasteiger partial charge is 0.0703 e. The largest absolute Gasteiger partial charge is 0.314 e. The number of nitrogens with one attached hydrogen (secondary N) is 1. The highest BCUT2D eigenvalue weighted by Crippen LogP contribution is 2.25. The van der Waals surface area contributed by atoms with E-state index in [0.29, 0.717) is 6.04 Å². The van der Waals surface area contributed by atoms with Crippen molar-refractivity contribution in [3.63, 3.8) is 0 Å². The third kappa shape index (κ3) is 3.65. The van der Waals surface area contributed by atoms with Gasteiger partial charge < -0.3 is 5.32 Å². The van der Waals surface area contributed by atoms with Crippen LogP contribution in [0.1, 0.15) is 46.7 Å². The van der Waals surface area contributed by atoms with E-state index in [-0.39, 0.29) is 5.41 Å². The van der Waals surface area contributed by atoms with E-state index in [0.717, 1.165) is 25.9 Å². The number of aromatic nitrogens is 2. The van der Waals surface area contributed by atoms with E-state index in [1.165, 1.54) is 16.6 Å². The molecule has 0 radical (unpaired) electrons. The third-order valence-electron chi connectivity index (χ3n) is 4.20. The first-order valence-corrected chi connectivity index (χ1v) is 8.15. The molecule has 0 saturated carbocycles. The normalized spacial score (nSPS) is 13.8. The van der Waals surface area contributed by atoms with Crippen LogP contribution in [0.15, 0.2) is 24.3 Å². The molecule has 3 nitrogen and oxygen atoms in total. The van der Waals surface area contributed by atoms with E-state index >= 15 is 0 Å². The zero-order valence-electron chi connectivity index (χ0n) is 14.1. The van der Waals surface area contributed by atoms with Crippen molar-refractivity contribution in [2.75, 3.05) is 6.54 Å². The number of hydrogen-bond acceptors (Lipinski definition) is 2. The van der Waals surface area contributed by atoms with E-state index < -0.39 is 0 Å². The molecule has 2 rings (SSSR count). The van der Waals surface area contributed by atoms with Crippen molar-refractivity contribution in [1.29, 1.82) is 0 Å².